The molecule has 0 aliphatic carbocycles. The second-order valence-corrected chi connectivity index (χ2v) is 23.9. The highest BCUT2D eigenvalue weighted by Gasteiger charge is 2.20. The Labute approximate surface area is 394 Å². The Morgan fingerprint density at radius 3 is 0.983 bits per heavy atom. The lowest BCUT2D eigenvalue weighted by atomic mass is 10.0. The molecule has 0 radical (unpaired) electrons. The van der Waals surface area contributed by atoms with E-state index in [-0.39, 0.29) is 0 Å². The van der Waals surface area contributed by atoms with Gasteiger partial charge in [0.05, 0.1) is 13.5 Å². The van der Waals surface area contributed by atoms with Gasteiger partial charge in [0.15, 0.2) is 9.66 Å². The van der Waals surface area contributed by atoms with Crippen LogP contribution in [0.3, 0.4) is 0 Å². The summed E-state index contributed by atoms with van der Waals surface area (Å²) in [6.07, 6.45) is 53.6. The number of thiazole rings is 2. The molecule has 4 aromatic rings. The Kier molecular flexibility index (Phi) is 29.3. The molecule has 4 aromatic heterocycles. The summed E-state index contributed by atoms with van der Waals surface area (Å²) in [7, 11) is 0. The number of halogens is 1. The molecular weight excluding hydrogens is 873 g/mol. The van der Waals surface area contributed by atoms with E-state index in [1.807, 2.05) is 22.7 Å². The van der Waals surface area contributed by atoms with Crippen molar-refractivity contribution in [2.75, 3.05) is 0 Å². The van der Waals surface area contributed by atoms with Crippen molar-refractivity contribution < 1.29 is 0 Å². The number of rotatable bonds is 40. The molecule has 340 valence electrons. The van der Waals surface area contributed by atoms with E-state index in [0.29, 0.717) is 0 Å². The fourth-order valence-electron chi connectivity index (χ4n) is 8.97. The quantitative estimate of drug-likeness (QED) is 0.0415. The molecule has 0 fully saturated rings. The van der Waals surface area contributed by atoms with Crippen LogP contribution in [0.15, 0.2) is 15.9 Å². The van der Waals surface area contributed by atoms with Gasteiger partial charge in [-0.3, -0.25) is 0 Å². The van der Waals surface area contributed by atoms with E-state index in [1.54, 1.807) is 22.7 Å². The average molecular weight is 960 g/mol. The molecule has 60 heavy (non-hydrogen) atoms. The zero-order valence-electron chi connectivity index (χ0n) is 38.9. The van der Waals surface area contributed by atoms with E-state index in [2.05, 4.69) is 48.8 Å². The maximum absolute atomic E-state index is 5.20. The normalized spacial score (nSPS) is 11.9. The number of aryl methyl sites for hydroxylation is 3. The zero-order chi connectivity index (χ0) is 42.3. The minimum absolute atomic E-state index is 1.11. The van der Waals surface area contributed by atoms with Crippen LogP contribution >= 0.6 is 61.3 Å². The summed E-state index contributed by atoms with van der Waals surface area (Å²) >= 11 is 11.2. The van der Waals surface area contributed by atoms with Crippen molar-refractivity contribution in [1.82, 2.24) is 9.97 Å². The molecule has 0 aliphatic heterocycles. The molecule has 2 nitrogen and oxygen atoms in total. The maximum atomic E-state index is 5.20. The molecule has 0 amide bonds. The minimum Gasteiger partial charge on any atom is -0.222 e. The van der Waals surface area contributed by atoms with Crippen LogP contribution in [-0.4, -0.2) is 9.97 Å². The van der Waals surface area contributed by atoms with Crippen molar-refractivity contribution in [3.8, 4) is 19.8 Å². The van der Waals surface area contributed by atoms with Crippen LogP contribution < -0.4 is 0 Å². The fraction of sp³-hybridized carbons (Fsp3) is 0.774. The van der Waals surface area contributed by atoms with Crippen LogP contribution in [-0.2, 0) is 12.8 Å². The molecule has 4 rings (SSSR count). The van der Waals surface area contributed by atoms with Crippen molar-refractivity contribution in [3.63, 3.8) is 0 Å². The number of fused-ring (bicyclic) bond motifs is 1. The van der Waals surface area contributed by atoms with E-state index in [4.69, 9.17) is 9.97 Å². The van der Waals surface area contributed by atoms with Crippen LogP contribution in [0.5, 0.6) is 0 Å². The molecule has 4 heterocycles. The van der Waals surface area contributed by atoms with E-state index in [1.165, 1.54) is 272 Å². The molecular formula is C53H87BrN2S4. The van der Waals surface area contributed by atoms with Gasteiger partial charge in [0.1, 0.15) is 10.0 Å². The van der Waals surface area contributed by atoms with Crippen LogP contribution in [0.4, 0.5) is 0 Å². The predicted molar refractivity (Wildman–Crippen MR) is 279 cm³/mol. The summed E-state index contributed by atoms with van der Waals surface area (Å²) in [5, 5.41) is 2.34. The van der Waals surface area contributed by atoms with Gasteiger partial charge in [0, 0.05) is 4.88 Å². The molecule has 0 spiro atoms. The molecule has 0 saturated carbocycles. The maximum Gasteiger partial charge on any atom is 0.155 e. The first-order valence-electron chi connectivity index (χ1n) is 25.7. The lowest BCUT2D eigenvalue weighted by molar-refractivity contribution is 0.525. The summed E-state index contributed by atoms with van der Waals surface area (Å²) < 4.78 is 1.22. The lowest BCUT2D eigenvalue weighted by Crippen LogP contribution is -1.87. The third kappa shape index (κ3) is 21.9. The van der Waals surface area contributed by atoms with Gasteiger partial charge in [0.25, 0.3) is 0 Å². The van der Waals surface area contributed by atoms with E-state index in [9.17, 15) is 0 Å². The van der Waals surface area contributed by atoms with Crippen molar-refractivity contribution in [3.05, 3.63) is 31.9 Å². The number of nitrogens with zero attached hydrogens (tertiary/aromatic N) is 2. The Balaban J connectivity index is 1.05. The summed E-state index contributed by atoms with van der Waals surface area (Å²) in [5.74, 6) is 0. The van der Waals surface area contributed by atoms with Gasteiger partial charge >= 0.3 is 0 Å². The standard InChI is InChI=1S/C53H87BrN2S4/c1-4-6-8-10-12-14-16-18-20-22-24-26-28-30-32-34-36-38-40-45-42-44(3)57-48(45)50-55-52-53(59-50)56-51(60-52)49-46(43-47(54)58-49)41-39-37-35-33-31-29-27-25-23-21-19-17-15-13-11-9-7-5-2/h42-43H,4-41H2,1-3H3. The Bertz CT molecular complexity index is 1470. The first-order chi connectivity index (χ1) is 29.6. The molecule has 0 atom stereocenters. The number of unbranched alkanes of at least 4 members (excludes halogenated alkanes) is 34. The van der Waals surface area contributed by atoms with Gasteiger partial charge in [-0.1, -0.05) is 255 Å². The van der Waals surface area contributed by atoms with Gasteiger partial charge in [-0.25, -0.2) is 9.97 Å². The Hall–Kier alpha value is -0.600. The lowest BCUT2D eigenvalue weighted by Gasteiger charge is -2.04. The number of hydrogen-bond donors (Lipinski definition) is 0. The Morgan fingerprint density at radius 2 is 0.650 bits per heavy atom. The number of thiophene rings is 2. The largest absolute Gasteiger partial charge is 0.222 e. The van der Waals surface area contributed by atoms with Crippen molar-refractivity contribution >= 4 is 70.9 Å². The first kappa shape index (κ1) is 52.0. The molecule has 0 aromatic carbocycles. The molecule has 0 saturated heterocycles. The minimum atomic E-state index is 1.11. The number of hydrogen-bond acceptors (Lipinski definition) is 6. The molecule has 0 N–H and O–H groups in total. The van der Waals surface area contributed by atoms with Gasteiger partial charge in [0.2, 0.25) is 0 Å². The highest BCUT2D eigenvalue weighted by molar-refractivity contribution is 9.11. The zero-order valence-corrected chi connectivity index (χ0v) is 43.8. The van der Waals surface area contributed by atoms with Crippen molar-refractivity contribution in [2.45, 2.75) is 265 Å². The van der Waals surface area contributed by atoms with E-state index in [0.717, 1.165) is 21.1 Å². The molecule has 7 heteroatoms. The SMILES string of the molecule is CCCCCCCCCCCCCCCCCCCCc1cc(C)sc1-c1nc2sc(-c3sc(Br)cc3CCCCCCCCCCCCCCCCCCCC)nc2s1. The topological polar surface area (TPSA) is 25.8 Å². The van der Waals surface area contributed by atoms with Gasteiger partial charge in [-0.15, -0.1) is 22.7 Å². The third-order valence-electron chi connectivity index (χ3n) is 12.7. The van der Waals surface area contributed by atoms with Gasteiger partial charge < -0.3 is 0 Å². The van der Waals surface area contributed by atoms with Crippen molar-refractivity contribution in [1.29, 1.82) is 0 Å². The van der Waals surface area contributed by atoms with Crippen LogP contribution in [0.2, 0.25) is 0 Å². The summed E-state index contributed by atoms with van der Waals surface area (Å²) in [6.45, 7) is 6.87. The third-order valence-corrected chi connectivity index (χ3v) is 17.8. The summed E-state index contributed by atoms with van der Waals surface area (Å²) in [5.41, 5.74) is 2.97. The predicted octanol–water partition coefficient (Wildman–Crippen LogP) is 21.4. The van der Waals surface area contributed by atoms with Crippen molar-refractivity contribution in [2.24, 2.45) is 0 Å². The highest BCUT2D eigenvalue weighted by atomic mass is 79.9. The second-order valence-electron chi connectivity index (χ2n) is 18.3. The van der Waals surface area contributed by atoms with Crippen LogP contribution in [0.1, 0.15) is 261 Å². The monoisotopic (exact) mass is 958 g/mol. The fourth-order valence-corrected chi connectivity index (χ4v) is 14.0. The summed E-state index contributed by atoms with van der Waals surface area (Å²) in [4.78, 5) is 16.8. The van der Waals surface area contributed by atoms with Crippen LogP contribution in [0, 0.1) is 6.92 Å². The van der Waals surface area contributed by atoms with E-state index >= 15 is 0 Å². The van der Waals surface area contributed by atoms with E-state index < -0.39 is 0 Å². The number of aromatic nitrogens is 2. The van der Waals surface area contributed by atoms with Gasteiger partial charge in [-0.05, 0) is 71.8 Å². The molecule has 0 bridgehead atoms. The smallest absolute Gasteiger partial charge is 0.155 e. The second kappa shape index (κ2) is 33.8. The summed E-state index contributed by atoms with van der Waals surface area (Å²) in [6, 6.07) is 4.78. The van der Waals surface area contributed by atoms with Crippen LogP contribution in [0.25, 0.3) is 29.4 Å². The Morgan fingerprint density at radius 1 is 0.367 bits per heavy atom. The average Bonchev–Trinajstić information content (AvgIpc) is 4.02. The highest BCUT2D eigenvalue weighted by Crippen LogP contribution is 2.44. The molecule has 0 unspecified atom stereocenters. The van der Waals surface area contributed by atoms with Gasteiger partial charge in [-0.2, -0.15) is 0 Å². The molecule has 0 aliphatic rings. The first-order valence-corrected chi connectivity index (χ1v) is 29.8.